The molecule has 1 heterocycles. The van der Waals surface area contributed by atoms with Gasteiger partial charge in [0.1, 0.15) is 26.6 Å². The number of carbonyl (C=O) groups is 1. The predicted octanol–water partition coefficient (Wildman–Crippen LogP) is 5.50. The lowest BCUT2D eigenvalue weighted by Crippen LogP contribution is -2.13. The molecule has 0 aliphatic carbocycles. The molecule has 0 N–H and O–H groups in total. The summed E-state index contributed by atoms with van der Waals surface area (Å²) in [6.07, 6.45) is 0. The summed E-state index contributed by atoms with van der Waals surface area (Å²) in [5, 5.41) is 9.15. The van der Waals surface area contributed by atoms with Crippen molar-refractivity contribution in [3.8, 4) is 11.8 Å². The van der Waals surface area contributed by atoms with Gasteiger partial charge in [-0.15, -0.1) is 0 Å². The van der Waals surface area contributed by atoms with Crippen LogP contribution in [0.15, 0.2) is 36.4 Å². The van der Waals surface area contributed by atoms with Crippen LogP contribution in [0.5, 0.6) is 5.75 Å². The molecule has 0 aliphatic heterocycles. The van der Waals surface area contributed by atoms with Gasteiger partial charge in [-0.25, -0.2) is 0 Å². The largest absolute Gasteiger partial charge is 0.493 e. The second-order valence-electron chi connectivity index (χ2n) is 4.10. The molecule has 1 aromatic carbocycles. The minimum absolute atomic E-state index is 0.273. The first kappa shape index (κ1) is 17.7. The molecule has 0 atom stereocenters. The molecule has 0 saturated carbocycles. The Morgan fingerprint density at radius 3 is 2.45 bits per heavy atom. The maximum Gasteiger partial charge on any atom is 0.263 e. The molecule has 0 aliphatic rings. The zero-order chi connectivity index (χ0) is 16.4. The molecule has 22 heavy (non-hydrogen) atoms. The summed E-state index contributed by atoms with van der Waals surface area (Å²) in [5.41, 5.74) is 0.814. The van der Waals surface area contributed by atoms with E-state index < -0.39 is 0 Å². The Kier molecular flexibility index (Phi) is 5.88. The maximum atomic E-state index is 12.7. The maximum absolute atomic E-state index is 12.7. The highest BCUT2D eigenvalue weighted by atomic mass is 79.9. The number of hydrogen-bond acceptors (Lipinski definition) is 3. The topological polar surface area (TPSA) is 55.0 Å². The molecule has 0 fully saturated rings. The van der Waals surface area contributed by atoms with Crippen LogP contribution in [0.3, 0.4) is 0 Å². The number of benzene rings is 1. The average molecular weight is 556 g/mol. The molecule has 4 nitrogen and oxygen atoms in total. The Morgan fingerprint density at radius 1 is 1.27 bits per heavy atom. The third-order valence-corrected chi connectivity index (χ3v) is 6.22. The fourth-order valence-electron chi connectivity index (χ4n) is 1.80. The van der Waals surface area contributed by atoms with E-state index in [-0.39, 0.29) is 5.91 Å². The Bertz CT molecular complexity index is 793. The van der Waals surface area contributed by atoms with E-state index in [1.807, 2.05) is 13.0 Å². The van der Waals surface area contributed by atoms with E-state index in [0.717, 1.165) is 0 Å². The van der Waals surface area contributed by atoms with Crippen LogP contribution in [0.25, 0.3) is 0 Å². The fourth-order valence-corrected chi connectivity index (χ4v) is 4.41. The van der Waals surface area contributed by atoms with E-state index in [4.69, 9.17) is 10.00 Å². The molecule has 114 valence electrons. The lowest BCUT2D eigenvalue weighted by molar-refractivity contribution is 0.0955. The predicted molar refractivity (Wildman–Crippen MR) is 97.3 cm³/mol. The molecular formula is C14H8Br4N2O2. The highest BCUT2D eigenvalue weighted by Gasteiger charge is 2.23. The van der Waals surface area contributed by atoms with E-state index in [0.29, 0.717) is 41.6 Å². The number of ether oxygens (including phenoxy) is 1. The highest BCUT2D eigenvalue weighted by Crippen LogP contribution is 2.36. The molecule has 8 heteroatoms. The first-order valence-corrected chi connectivity index (χ1v) is 9.21. The minimum Gasteiger partial charge on any atom is -0.493 e. The van der Waals surface area contributed by atoms with Crippen molar-refractivity contribution in [2.24, 2.45) is 0 Å². The van der Waals surface area contributed by atoms with Crippen molar-refractivity contribution in [1.29, 1.82) is 5.26 Å². The molecule has 2 aromatic rings. The molecule has 0 amide bonds. The van der Waals surface area contributed by atoms with Crippen molar-refractivity contribution in [3.05, 3.63) is 47.5 Å². The van der Waals surface area contributed by atoms with Gasteiger partial charge in [-0.3, -0.25) is 9.36 Å². The van der Waals surface area contributed by atoms with Gasteiger partial charge in [0.15, 0.2) is 0 Å². The number of halogens is 4. The fraction of sp³-hybridized carbons (Fsp3) is 0.143. The van der Waals surface area contributed by atoms with Crippen molar-refractivity contribution in [1.82, 2.24) is 4.57 Å². The number of rotatable bonds is 3. The summed E-state index contributed by atoms with van der Waals surface area (Å²) in [5.74, 6) is 0.397. The summed E-state index contributed by atoms with van der Waals surface area (Å²) >= 11 is 13.3. The van der Waals surface area contributed by atoms with Crippen LogP contribution in [0.2, 0.25) is 0 Å². The molecule has 0 unspecified atom stereocenters. The number of hydrogen-bond donors (Lipinski definition) is 0. The third-order valence-electron chi connectivity index (χ3n) is 2.79. The monoisotopic (exact) mass is 552 g/mol. The molecular weight excluding hydrogens is 548 g/mol. The van der Waals surface area contributed by atoms with Crippen LogP contribution in [0, 0.1) is 11.3 Å². The quantitative estimate of drug-likeness (QED) is 0.503. The summed E-state index contributed by atoms with van der Waals surface area (Å²) in [7, 11) is 0. The summed E-state index contributed by atoms with van der Waals surface area (Å²) in [4.78, 5) is 12.7. The first-order chi connectivity index (χ1) is 10.4. The molecule has 0 saturated heterocycles. The van der Waals surface area contributed by atoms with Crippen LogP contribution in [0.1, 0.15) is 22.8 Å². The Hall–Kier alpha value is -0.620. The van der Waals surface area contributed by atoms with Gasteiger partial charge in [0.25, 0.3) is 5.91 Å². The third kappa shape index (κ3) is 3.18. The van der Waals surface area contributed by atoms with Crippen LogP contribution in [0.4, 0.5) is 0 Å². The van der Waals surface area contributed by atoms with E-state index in [1.165, 1.54) is 4.57 Å². The van der Waals surface area contributed by atoms with Crippen molar-refractivity contribution >= 4 is 69.6 Å². The average Bonchev–Trinajstić information content (AvgIpc) is 2.70. The number of aromatic nitrogens is 1. The van der Waals surface area contributed by atoms with Crippen LogP contribution >= 0.6 is 63.7 Å². The Labute approximate surface area is 161 Å². The van der Waals surface area contributed by atoms with Gasteiger partial charge in [0, 0.05) is 5.56 Å². The van der Waals surface area contributed by atoms with E-state index in [9.17, 15) is 4.79 Å². The van der Waals surface area contributed by atoms with Gasteiger partial charge < -0.3 is 4.74 Å². The normalized spacial score (nSPS) is 10.4. The van der Waals surface area contributed by atoms with E-state index in [2.05, 4.69) is 63.7 Å². The van der Waals surface area contributed by atoms with Crippen molar-refractivity contribution in [2.45, 2.75) is 6.92 Å². The van der Waals surface area contributed by atoms with Crippen LogP contribution in [-0.4, -0.2) is 17.1 Å². The second-order valence-corrected chi connectivity index (χ2v) is 7.25. The van der Waals surface area contributed by atoms with Crippen LogP contribution < -0.4 is 4.74 Å². The number of carbonyl (C=O) groups excluding carboxylic acids is 1. The minimum atomic E-state index is -0.273. The number of nitriles is 1. The summed E-state index contributed by atoms with van der Waals surface area (Å²) < 4.78 is 8.90. The molecule has 0 spiro atoms. The van der Waals surface area contributed by atoms with E-state index >= 15 is 0 Å². The Morgan fingerprint density at radius 2 is 1.95 bits per heavy atom. The van der Waals surface area contributed by atoms with Crippen LogP contribution in [-0.2, 0) is 0 Å². The van der Waals surface area contributed by atoms with Crippen molar-refractivity contribution in [3.63, 3.8) is 0 Å². The zero-order valence-electron chi connectivity index (χ0n) is 11.2. The lowest BCUT2D eigenvalue weighted by Gasteiger charge is -2.09. The standard InChI is InChI=1S/C14H8Br4N2O2/c1-2-22-10-4-3-7(5-9(10)15)14(21)20-12(17)8(6-19)11(16)13(20)18/h3-5H,2H2,1H3. The highest BCUT2D eigenvalue weighted by molar-refractivity contribution is 9.13. The van der Waals surface area contributed by atoms with Crippen molar-refractivity contribution < 1.29 is 9.53 Å². The second kappa shape index (κ2) is 7.30. The van der Waals surface area contributed by atoms with Gasteiger partial charge in [-0.1, -0.05) is 0 Å². The summed E-state index contributed by atoms with van der Waals surface area (Å²) in [6.45, 7) is 2.43. The zero-order valence-corrected chi connectivity index (χ0v) is 17.5. The SMILES string of the molecule is CCOc1ccc(C(=O)n2c(Br)c(Br)c(C#N)c2Br)cc1Br. The summed E-state index contributed by atoms with van der Waals surface area (Å²) in [6, 6.07) is 7.13. The smallest absolute Gasteiger partial charge is 0.263 e. The molecule has 0 bridgehead atoms. The van der Waals surface area contributed by atoms with Gasteiger partial charge in [-0.2, -0.15) is 5.26 Å². The van der Waals surface area contributed by atoms with Gasteiger partial charge >= 0.3 is 0 Å². The van der Waals surface area contributed by atoms with Gasteiger partial charge in [0.05, 0.1) is 15.6 Å². The molecule has 2 rings (SSSR count). The van der Waals surface area contributed by atoms with Gasteiger partial charge in [0.2, 0.25) is 0 Å². The van der Waals surface area contributed by atoms with Gasteiger partial charge in [-0.05, 0) is 88.8 Å². The van der Waals surface area contributed by atoms with E-state index in [1.54, 1.807) is 18.2 Å². The Balaban J connectivity index is 2.50. The lowest BCUT2D eigenvalue weighted by atomic mass is 10.2. The van der Waals surface area contributed by atoms with Crippen molar-refractivity contribution in [2.75, 3.05) is 6.61 Å². The number of nitrogens with zero attached hydrogens (tertiary/aromatic N) is 2. The molecule has 0 radical (unpaired) electrons. The first-order valence-electron chi connectivity index (χ1n) is 6.04. The molecule has 1 aromatic heterocycles.